The number of ketones is 1. The van der Waals surface area contributed by atoms with Gasteiger partial charge in [0, 0.05) is 25.5 Å². The van der Waals surface area contributed by atoms with Gasteiger partial charge in [-0.25, -0.2) is 0 Å². The fraction of sp³-hybridized carbons (Fsp3) is 0.111. The zero-order chi connectivity index (χ0) is 17.5. The molecular weight excluding hydrogens is 310 g/mol. The van der Waals surface area contributed by atoms with Gasteiger partial charge in [-0.15, -0.1) is 0 Å². The number of hydrogen-bond acceptors (Lipinski definition) is 6. The fourth-order valence-corrected chi connectivity index (χ4v) is 1.86. The Bertz CT molecular complexity index is 796. The number of hydrogen-bond donors (Lipinski definition) is 0. The second kappa shape index (κ2) is 7.82. The summed E-state index contributed by atoms with van der Waals surface area (Å²) in [5.74, 6) is -1.23. The van der Waals surface area contributed by atoms with Crippen molar-refractivity contribution in [1.82, 2.24) is 4.98 Å². The van der Waals surface area contributed by atoms with Gasteiger partial charge in [0.1, 0.15) is 0 Å². The van der Waals surface area contributed by atoms with E-state index in [9.17, 15) is 14.4 Å². The molecule has 0 fully saturated rings. The summed E-state index contributed by atoms with van der Waals surface area (Å²) < 4.78 is 9.93. The largest absolute Gasteiger partial charge is 0.423 e. The van der Waals surface area contributed by atoms with Gasteiger partial charge >= 0.3 is 11.9 Å². The summed E-state index contributed by atoms with van der Waals surface area (Å²) in [6.45, 7) is 2.45. The van der Waals surface area contributed by atoms with Gasteiger partial charge in [-0.1, -0.05) is 30.3 Å². The van der Waals surface area contributed by atoms with Crippen LogP contribution in [0.25, 0.3) is 6.08 Å². The van der Waals surface area contributed by atoms with E-state index in [0.29, 0.717) is 11.3 Å². The maximum Gasteiger partial charge on any atom is 0.308 e. The number of allylic oxidation sites excluding steroid dienone is 1. The van der Waals surface area contributed by atoms with Crippen LogP contribution < -0.4 is 9.47 Å². The van der Waals surface area contributed by atoms with E-state index in [1.165, 1.54) is 38.3 Å². The van der Waals surface area contributed by atoms with Crippen LogP contribution in [0.5, 0.6) is 11.5 Å². The first-order valence-electron chi connectivity index (χ1n) is 7.10. The van der Waals surface area contributed by atoms with Crippen LogP contribution >= 0.6 is 0 Å². The standard InChI is InChI=1S/C18H15NO5/c1-12(20)23-17-10-15(19-11-18(17)24-13(2)21)8-9-16(22)14-6-4-3-5-7-14/h3-11H,1-2H3/b9-8+. The van der Waals surface area contributed by atoms with Crippen LogP contribution in [0.15, 0.2) is 48.7 Å². The molecule has 0 unspecified atom stereocenters. The molecule has 0 saturated carbocycles. The van der Waals surface area contributed by atoms with Gasteiger partial charge in [-0.05, 0) is 12.2 Å². The number of aromatic nitrogens is 1. The minimum atomic E-state index is -0.565. The predicted molar refractivity (Wildman–Crippen MR) is 86.7 cm³/mol. The maximum atomic E-state index is 12.0. The SMILES string of the molecule is CC(=O)Oc1cnc(/C=C/C(=O)c2ccccc2)cc1OC(C)=O. The number of pyridine rings is 1. The molecule has 0 aliphatic carbocycles. The molecule has 0 aliphatic rings. The molecule has 0 bridgehead atoms. The summed E-state index contributed by atoms with van der Waals surface area (Å²) in [5.41, 5.74) is 0.928. The Balaban J connectivity index is 2.24. The van der Waals surface area contributed by atoms with Crippen molar-refractivity contribution in [3.8, 4) is 11.5 Å². The summed E-state index contributed by atoms with van der Waals surface area (Å²) in [4.78, 5) is 38.3. The fourth-order valence-electron chi connectivity index (χ4n) is 1.86. The summed E-state index contributed by atoms with van der Waals surface area (Å²) >= 11 is 0. The first-order chi connectivity index (χ1) is 11.5. The van der Waals surface area contributed by atoms with E-state index in [1.54, 1.807) is 24.3 Å². The Morgan fingerprint density at radius 2 is 1.58 bits per heavy atom. The third-order valence-electron chi connectivity index (χ3n) is 2.82. The molecule has 6 nitrogen and oxygen atoms in total. The number of carbonyl (C=O) groups excluding carboxylic acids is 3. The van der Waals surface area contributed by atoms with E-state index in [-0.39, 0.29) is 17.3 Å². The Kier molecular flexibility index (Phi) is 5.57. The highest BCUT2D eigenvalue weighted by Gasteiger charge is 2.11. The Morgan fingerprint density at radius 3 is 2.21 bits per heavy atom. The number of nitrogens with zero attached hydrogens (tertiary/aromatic N) is 1. The van der Waals surface area contributed by atoms with Gasteiger partial charge in [0.25, 0.3) is 0 Å². The van der Waals surface area contributed by atoms with Crippen molar-refractivity contribution >= 4 is 23.8 Å². The van der Waals surface area contributed by atoms with Crippen molar-refractivity contribution in [3.05, 3.63) is 59.9 Å². The molecule has 1 aromatic heterocycles. The van der Waals surface area contributed by atoms with Crippen LogP contribution in [-0.2, 0) is 9.59 Å². The molecule has 0 amide bonds. The topological polar surface area (TPSA) is 82.6 Å². The number of carbonyl (C=O) groups is 3. The Morgan fingerprint density at radius 1 is 0.958 bits per heavy atom. The quantitative estimate of drug-likeness (QED) is 0.477. The lowest BCUT2D eigenvalue weighted by molar-refractivity contribution is -0.134. The highest BCUT2D eigenvalue weighted by Crippen LogP contribution is 2.27. The average Bonchev–Trinajstić information content (AvgIpc) is 2.54. The highest BCUT2D eigenvalue weighted by atomic mass is 16.6. The highest BCUT2D eigenvalue weighted by molar-refractivity contribution is 6.06. The van der Waals surface area contributed by atoms with E-state index in [0.717, 1.165) is 0 Å². The minimum absolute atomic E-state index is 0.0317. The van der Waals surface area contributed by atoms with Crippen LogP contribution in [0.2, 0.25) is 0 Å². The van der Waals surface area contributed by atoms with Crippen molar-refractivity contribution in [2.75, 3.05) is 0 Å². The van der Waals surface area contributed by atoms with Crippen molar-refractivity contribution in [2.45, 2.75) is 13.8 Å². The molecular formula is C18H15NO5. The summed E-state index contributed by atoms with van der Waals surface area (Å²) in [6.07, 6.45) is 4.10. The van der Waals surface area contributed by atoms with Crippen LogP contribution in [0.4, 0.5) is 0 Å². The average molecular weight is 325 g/mol. The molecule has 6 heteroatoms. The van der Waals surface area contributed by atoms with Gasteiger partial charge in [0.05, 0.1) is 11.9 Å². The first kappa shape index (κ1) is 17.1. The monoisotopic (exact) mass is 325 g/mol. The van der Waals surface area contributed by atoms with Crippen molar-refractivity contribution in [2.24, 2.45) is 0 Å². The molecule has 2 rings (SSSR count). The molecule has 0 N–H and O–H groups in total. The van der Waals surface area contributed by atoms with Gasteiger partial charge in [0.15, 0.2) is 17.3 Å². The van der Waals surface area contributed by atoms with E-state index >= 15 is 0 Å². The Labute approximate surface area is 138 Å². The third-order valence-corrected chi connectivity index (χ3v) is 2.82. The molecule has 1 aromatic carbocycles. The molecule has 2 aromatic rings. The van der Waals surface area contributed by atoms with E-state index in [2.05, 4.69) is 4.98 Å². The Hall–Kier alpha value is -3.28. The molecule has 0 radical (unpaired) electrons. The molecule has 0 spiro atoms. The third kappa shape index (κ3) is 4.88. The zero-order valence-corrected chi connectivity index (χ0v) is 13.2. The number of benzene rings is 1. The lowest BCUT2D eigenvalue weighted by atomic mass is 10.1. The normalized spacial score (nSPS) is 10.4. The summed E-state index contributed by atoms with van der Waals surface area (Å²) in [5, 5.41) is 0. The second-order valence-corrected chi connectivity index (χ2v) is 4.81. The van der Waals surface area contributed by atoms with Crippen LogP contribution in [0, 0.1) is 0 Å². The zero-order valence-electron chi connectivity index (χ0n) is 13.2. The van der Waals surface area contributed by atoms with Crippen molar-refractivity contribution in [3.63, 3.8) is 0 Å². The molecule has 0 atom stereocenters. The lowest BCUT2D eigenvalue weighted by Crippen LogP contribution is -2.07. The number of esters is 2. The second-order valence-electron chi connectivity index (χ2n) is 4.81. The van der Waals surface area contributed by atoms with Crippen LogP contribution in [0.3, 0.4) is 0 Å². The molecule has 0 saturated heterocycles. The van der Waals surface area contributed by atoms with Crippen molar-refractivity contribution in [1.29, 1.82) is 0 Å². The molecule has 0 aliphatic heterocycles. The van der Waals surface area contributed by atoms with Gasteiger partial charge < -0.3 is 9.47 Å². The van der Waals surface area contributed by atoms with E-state index < -0.39 is 11.9 Å². The number of rotatable bonds is 5. The lowest BCUT2D eigenvalue weighted by Gasteiger charge is -2.08. The maximum absolute atomic E-state index is 12.0. The van der Waals surface area contributed by atoms with E-state index in [4.69, 9.17) is 9.47 Å². The number of ether oxygens (including phenoxy) is 2. The summed E-state index contributed by atoms with van der Waals surface area (Å²) in [6, 6.07) is 10.2. The smallest absolute Gasteiger partial charge is 0.308 e. The predicted octanol–water partition coefficient (Wildman–Crippen LogP) is 2.83. The minimum Gasteiger partial charge on any atom is -0.423 e. The van der Waals surface area contributed by atoms with Crippen LogP contribution in [-0.4, -0.2) is 22.7 Å². The van der Waals surface area contributed by atoms with Crippen LogP contribution in [0.1, 0.15) is 29.9 Å². The van der Waals surface area contributed by atoms with Gasteiger partial charge in [0.2, 0.25) is 0 Å². The first-order valence-corrected chi connectivity index (χ1v) is 7.10. The molecule has 1 heterocycles. The van der Waals surface area contributed by atoms with Gasteiger partial charge in [-0.2, -0.15) is 0 Å². The molecule has 24 heavy (non-hydrogen) atoms. The molecule has 122 valence electrons. The van der Waals surface area contributed by atoms with Crippen molar-refractivity contribution < 1.29 is 23.9 Å². The van der Waals surface area contributed by atoms with E-state index in [1.807, 2.05) is 6.07 Å². The van der Waals surface area contributed by atoms with Gasteiger partial charge in [-0.3, -0.25) is 19.4 Å². The summed E-state index contributed by atoms with van der Waals surface area (Å²) in [7, 11) is 0.